The quantitative estimate of drug-likeness (QED) is 0.522. The highest BCUT2D eigenvalue weighted by atomic mass is 16.2. The van der Waals surface area contributed by atoms with Gasteiger partial charge in [0.15, 0.2) is 0 Å². The van der Waals surface area contributed by atoms with Gasteiger partial charge in [0.2, 0.25) is 0 Å². The summed E-state index contributed by atoms with van der Waals surface area (Å²) in [6, 6.07) is 20.3. The van der Waals surface area contributed by atoms with Crippen LogP contribution in [0.25, 0.3) is 0 Å². The van der Waals surface area contributed by atoms with Crippen molar-refractivity contribution in [2.45, 2.75) is 31.8 Å². The van der Waals surface area contributed by atoms with Gasteiger partial charge in [0.1, 0.15) is 5.70 Å². The number of fused-ring (bicyclic) bond motifs is 1. The Hall–Kier alpha value is -4.00. The Balaban J connectivity index is 1.33. The first-order valence-corrected chi connectivity index (χ1v) is 12.1. The monoisotopic (exact) mass is 466 g/mol. The average Bonchev–Trinajstić information content (AvgIpc) is 2.93. The predicted octanol–water partition coefficient (Wildman–Crippen LogP) is 4.20. The molecule has 0 bridgehead atoms. The summed E-state index contributed by atoms with van der Waals surface area (Å²) in [6.07, 6.45) is 10.3. The molecule has 2 aromatic heterocycles. The molecule has 0 fully saturated rings. The Morgan fingerprint density at radius 2 is 1.86 bits per heavy atom. The summed E-state index contributed by atoms with van der Waals surface area (Å²) in [5.41, 5.74) is 4.79. The molecule has 0 saturated heterocycles. The van der Waals surface area contributed by atoms with Crippen molar-refractivity contribution >= 4 is 17.8 Å². The summed E-state index contributed by atoms with van der Waals surface area (Å²) in [5.74, 6) is -0.0783. The van der Waals surface area contributed by atoms with E-state index < -0.39 is 0 Å². The third-order valence-electron chi connectivity index (χ3n) is 6.58. The Bertz CT molecular complexity index is 1210. The Morgan fingerprint density at radius 3 is 2.69 bits per heavy atom. The minimum absolute atomic E-state index is 0.0242. The number of hydrogen-bond donors (Lipinski definition) is 0. The molecular formula is C28H30N6O. The molecule has 0 saturated carbocycles. The molecule has 35 heavy (non-hydrogen) atoms. The summed E-state index contributed by atoms with van der Waals surface area (Å²) >= 11 is 0. The lowest BCUT2D eigenvalue weighted by molar-refractivity contribution is -0.128. The number of anilines is 1. The van der Waals surface area contributed by atoms with Crippen LogP contribution in [0.15, 0.2) is 89.9 Å². The molecule has 3 heterocycles. The lowest BCUT2D eigenvalue weighted by Gasteiger charge is -2.34. The van der Waals surface area contributed by atoms with Gasteiger partial charge in [-0.25, -0.2) is 0 Å². The van der Waals surface area contributed by atoms with Crippen molar-refractivity contribution in [2.75, 3.05) is 25.2 Å². The van der Waals surface area contributed by atoms with E-state index in [9.17, 15) is 4.79 Å². The molecule has 0 N–H and O–H groups in total. The van der Waals surface area contributed by atoms with E-state index in [4.69, 9.17) is 0 Å². The summed E-state index contributed by atoms with van der Waals surface area (Å²) < 4.78 is 0. The van der Waals surface area contributed by atoms with Crippen LogP contribution in [0.4, 0.5) is 5.69 Å². The number of rotatable bonds is 7. The molecular weight excluding hydrogens is 436 g/mol. The number of benzene rings is 1. The molecule has 1 aromatic carbocycles. The molecule has 3 aromatic rings. The van der Waals surface area contributed by atoms with Crippen LogP contribution >= 0.6 is 0 Å². The van der Waals surface area contributed by atoms with Crippen molar-refractivity contribution in [3.63, 3.8) is 0 Å². The molecule has 2 aliphatic rings. The van der Waals surface area contributed by atoms with Crippen LogP contribution in [0.1, 0.15) is 35.8 Å². The van der Waals surface area contributed by atoms with Gasteiger partial charge in [-0.05, 0) is 55.2 Å². The maximum absolute atomic E-state index is 13.5. The van der Waals surface area contributed by atoms with E-state index in [-0.39, 0.29) is 11.9 Å². The van der Waals surface area contributed by atoms with E-state index in [0.717, 1.165) is 36.3 Å². The second-order valence-electron chi connectivity index (χ2n) is 8.97. The Labute approximate surface area is 206 Å². The third kappa shape index (κ3) is 5.24. The molecule has 1 aliphatic carbocycles. The van der Waals surface area contributed by atoms with Gasteiger partial charge in [-0.15, -0.1) is 0 Å². The average molecular weight is 467 g/mol. The number of aryl methyl sites for hydroxylation is 1. The van der Waals surface area contributed by atoms with Gasteiger partial charge in [0.25, 0.3) is 5.91 Å². The van der Waals surface area contributed by atoms with Crippen LogP contribution in [0.3, 0.4) is 0 Å². The normalized spacial score (nSPS) is 16.9. The molecule has 0 spiro atoms. The predicted molar refractivity (Wildman–Crippen MR) is 138 cm³/mol. The van der Waals surface area contributed by atoms with Crippen LogP contribution in [0, 0.1) is 0 Å². The van der Waals surface area contributed by atoms with Crippen molar-refractivity contribution in [2.24, 2.45) is 4.99 Å². The zero-order valence-electron chi connectivity index (χ0n) is 20.0. The van der Waals surface area contributed by atoms with E-state index in [0.29, 0.717) is 25.5 Å². The van der Waals surface area contributed by atoms with Gasteiger partial charge >= 0.3 is 0 Å². The first-order valence-electron chi connectivity index (χ1n) is 12.1. The zero-order chi connectivity index (χ0) is 24.0. The van der Waals surface area contributed by atoms with E-state index in [2.05, 4.69) is 43.0 Å². The number of carbonyl (C=O) groups is 1. The molecule has 178 valence electrons. The molecule has 1 aliphatic heterocycles. The topological polar surface area (TPSA) is 64.9 Å². The number of para-hydroxylation sites is 1. The number of carbonyl (C=O) groups excluding carboxylic acids is 1. The number of hydrogen-bond acceptors (Lipinski definition) is 6. The van der Waals surface area contributed by atoms with Gasteiger partial charge in [0.05, 0.1) is 37.2 Å². The maximum Gasteiger partial charge on any atom is 0.274 e. The van der Waals surface area contributed by atoms with Crippen LogP contribution in [-0.4, -0.2) is 52.2 Å². The number of aliphatic imine (C=N–C) groups is 1. The lowest BCUT2D eigenvalue weighted by Crippen LogP contribution is -2.39. The van der Waals surface area contributed by atoms with Gasteiger partial charge in [-0.2, -0.15) is 0 Å². The highest BCUT2D eigenvalue weighted by molar-refractivity contribution is 5.95. The van der Waals surface area contributed by atoms with Crippen LogP contribution in [0.2, 0.25) is 0 Å². The highest BCUT2D eigenvalue weighted by Gasteiger charge is 2.30. The fourth-order valence-corrected chi connectivity index (χ4v) is 4.76. The van der Waals surface area contributed by atoms with Crippen LogP contribution in [0.5, 0.6) is 0 Å². The lowest BCUT2D eigenvalue weighted by atomic mass is 9.91. The fraction of sp³-hybridized carbons (Fsp3) is 0.286. The van der Waals surface area contributed by atoms with Crippen LogP contribution < -0.4 is 4.90 Å². The third-order valence-corrected chi connectivity index (χ3v) is 6.58. The molecule has 7 heteroatoms. The fourth-order valence-electron chi connectivity index (χ4n) is 4.76. The van der Waals surface area contributed by atoms with E-state index in [1.807, 2.05) is 74.3 Å². The van der Waals surface area contributed by atoms with E-state index >= 15 is 0 Å². The molecule has 1 amide bonds. The first-order chi connectivity index (χ1) is 17.2. The number of likely N-dealkylation sites (N-methyl/N-ethyl adjacent to an activating group) is 1. The second-order valence-corrected chi connectivity index (χ2v) is 8.97. The molecule has 7 nitrogen and oxygen atoms in total. The second kappa shape index (κ2) is 10.5. The largest absolute Gasteiger partial charge is 0.352 e. The Morgan fingerprint density at radius 1 is 1.03 bits per heavy atom. The van der Waals surface area contributed by atoms with E-state index in [1.165, 1.54) is 5.56 Å². The first kappa shape index (κ1) is 22.8. The van der Waals surface area contributed by atoms with Crippen molar-refractivity contribution in [3.8, 4) is 0 Å². The van der Waals surface area contributed by atoms with Crippen molar-refractivity contribution in [1.29, 1.82) is 0 Å². The number of aromatic nitrogens is 2. The SMILES string of the molecule is CN(C(=O)C1=CN(CN(Cc2ccccn2)c2ccccc2)CC=N1)C1CCCc2cccnc21. The van der Waals surface area contributed by atoms with Crippen molar-refractivity contribution in [3.05, 3.63) is 102 Å². The van der Waals surface area contributed by atoms with Gasteiger partial charge in [0, 0.05) is 37.5 Å². The van der Waals surface area contributed by atoms with Gasteiger partial charge in [-0.1, -0.05) is 30.3 Å². The standard InChI is InChI=1S/C28H30N6O/c1-32(26-14-7-9-22-10-8-16-31-27(22)26)28(35)25-20-33(18-17-30-25)21-34(24-12-3-2-4-13-24)19-23-11-5-6-15-29-23/h2-6,8,10-13,15-17,20,26H,7,9,14,18-19,21H2,1H3. The molecule has 1 unspecified atom stereocenters. The zero-order valence-corrected chi connectivity index (χ0v) is 20.0. The summed E-state index contributed by atoms with van der Waals surface area (Å²) in [5, 5.41) is 0. The minimum atomic E-state index is -0.0783. The maximum atomic E-state index is 13.5. The summed E-state index contributed by atoms with van der Waals surface area (Å²) in [6.45, 7) is 1.92. The van der Waals surface area contributed by atoms with Crippen molar-refractivity contribution < 1.29 is 4.79 Å². The van der Waals surface area contributed by atoms with Crippen LogP contribution in [-0.2, 0) is 17.8 Å². The number of pyridine rings is 2. The van der Waals surface area contributed by atoms with Gasteiger partial charge in [-0.3, -0.25) is 19.8 Å². The summed E-state index contributed by atoms with van der Waals surface area (Å²) in [4.78, 5) is 33.2. The van der Waals surface area contributed by atoms with E-state index in [1.54, 1.807) is 4.90 Å². The Kier molecular flexibility index (Phi) is 6.84. The van der Waals surface area contributed by atoms with Gasteiger partial charge < -0.3 is 14.7 Å². The highest BCUT2D eigenvalue weighted by Crippen LogP contribution is 2.32. The summed E-state index contributed by atoms with van der Waals surface area (Å²) in [7, 11) is 1.86. The van der Waals surface area contributed by atoms with Crippen molar-refractivity contribution in [1.82, 2.24) is 19.8 Å². The minimum Gasteiger partial charge on any atom is -0.352 e. The smallest absolute Gasteiger partial charge is 0.274 e. The molecule has 0 radical (unpaired) electrons. The number of nitrogens with zero attached hydrogens (tertiary/aromatic N) is 6. The molecule has 1 atom stereocenters. The number of amides is 1. The molecule has 5 rings (SSSR count).